The Morgan fingerprint density at radius 2 is 2.29 bits per heavy atom. The van der Waals surface area contributed by atoms with E-state index in [2.05, 4.69) is 5.32 Å². The lowest BCUT2D eigenvalue weighted by molar-refractivity contribution is -0.120. The molecular formula is C5H11NO. The molecule has 2 nitrogen and oxygen atoms in total. The van der Waals surface area contributed by atoms with Crippen molar-refractivity contribution in [2.24, 2.45) is 0 Å². The van der Waals surface area contributed by atoms with Gasteiger partial charge in [0.25, 0.3) is 0 Å². The Labute approximate surface area is 43.9 Å². The predicted octanol–water partition coefficient (Wildman–Crippen LogP) is 0.532. The molecule has 0 spiro atoms. The highest BCUT2D eigenvalue weighted by atomic mass is 16.1. The van der Waals surface area contributed by atoms with Crippen LogP contribution in [0.25, 0.3) is 0 Å². The maximum atomic E-state index is 10.3. The van der Waals surface area contributed by atoms with Crippen LogP contribution in [0.3, 0.4) is 0 Å². The fraction of sp³-hybridized carbons (Fsp3) is 0.800. The number of carbonyl (C=O) groups is 1. The molecule has 7 heavy (non-hydrogen) atoms. The highest BCUT2D eigenvalue weighted by Crippen LogP contribution is 1.82. The van der Waals surface area contributed by atoms with Crippen LogP contribution in [0.4, 0.5) is 0 Å². The van der Waals surface area contributed by atoms with Gasteiger partial charge in [0, 0.05) is 13.5 Å². The fourth-order valence-electron chi connectivity index (χ4n) is 0.352. The van der Waals surface area contributed by atoms with Crippen molar-refractivity contribution in [2.45, 2.75) is 19.8 Å². The summed E-state index contributed by atoms with van der Waals surface area (Å²) in [5, 5.41) is 2.53. The molecule has 0 saturated heterocycles. The van der Waals surface area contributed by atoms with Crippen molar-refractivity contribution in [3.05, 3.63) is 0 Å². The van der Waals surface area contributed by atoms with Crippen LogP contribution in [0.5, 0.6) is 0 Å². The van der Waals surface area contributed by atoms with Gasteiger partial charge >= 0.3 is 0 Å². The lowest BCUT2D eigenvalue weighted by Gasteiger charge is -1.91. The highest BCUT2D eigenvalue weighted by Gasteiger charge is 1.89. The largest absolute Gasteiger partial charge is 0.359 e. The minimum Gasteiger partial charge on any atom is -0.359 e. The van der Waals surface area contributed by atoms with E-state index in [1.54, 1.807) is 7.05 Å². The van der Waals surface area contributed by atoms with E-state index in [0.717, 1.165) is 6.42 Å². The molecule has 0 heterocycles. The molecular weight excluding hydrogens is 90.1 g/mol. The van der Waals surface area contributed by atoms with E-state index < -0.39 is 0 Å². The molecule has 1 amide bonds. The minimum absolute atomic E-state index is 0.127. The van der Waals surface area contributed by atoms with E-state index in [-0.39, 0.29) is 5.91 Å². The first-order valence-corrected chi connectivity index (χ1v) is 2.51. The van der Waals surface area contributed by atoms with Crippen molar-refractivity contribution in [1.29, 1.82) is 0 Å². The summed E-state index contributed by atoms with van der Waals surface area (Å²) in [6, 6.07) is 0. The number of hydrogen-bond donors (Lipinski definition) is 1. The van der Waals surface area contributed by atoms with Crippen molar-refractivity contribution in [2.75, 3.05) is 7.05 Å². The van der Waals surface area contributed by atoms with E-state index >= 15 is 0 Å². The predicted molar refractivity (Wildman–Crippen MR) is 29.0 cm³/mol. The van der Waals surface area contributed by atoms with Gasteiger partial charge in [-0.3, -0.25) is 4.79 Å². The highest BCUT2D eigenvalue weighted by molar-refractivity contribution is 5.75. The van der Waals surface area contributed by atoms with Crippen LogP contribution in [0.1, 0.15) is 19.8 Å². The molecule has 0 atom stereocenters. The molecule has 0 unspecified atom stereocenters. The lowest BCUT2D eigenvalue weighted by Crippen LogP contribution is -2.16. The second-order valence-corrected chi connectivity index (χ2v) is 1.42. The van der Waals surface area contributed by atoms with Crippen molar-refractivity contribution in [3.8, 4) is 0 Å². The van der Waals surface area contributed by atoms with E-state index in [0.29, 0.717) is 6.42 Å². The third-order valence-electron chi connectivity index (χ3n) is 0.756. The number of amides is 1. The first-order chi connectivity index (χ1) is 3.31. The summed E-state index contributed by atoms with van der Waals surface area (Å²) in [6.07, 6.45) is 1.58. The topological polar surface area (TPSA) is 29.1 Å². The Kier molecular flexibility index (Phi) is 3.38. The van der Waals surface area contributed by atoms with Crippen molar-refractivity contribution in [3.63, 3.8) is 0 Å². The molecule has 0 aromatic heterocycles. The molecule has 42 valence electrons. The average Bonchev–Trinajstić information content (AvgIpc) is 1.68. The van der Waals surface area contributed by atoms with Gasteiger partial charge in [-0.05, 0) is 6.42 Å². The van der Waals surface area contributed by atoms with Crippen LogP contribution in [0.2, 0.25) is 0 Å². The summed E-state index contributed by atoms with van der Waals surface area (Å²) in [4.78, 5) is 10.3. The molecule has 0 radical (unpaired) electrons. The number of carbonyl (C=O) groups excluding carboxylic acids is 1. The summed E-state index contributed by atoms with van der Waals surface area (Å²) in [5.41, 5.74) is 0. The summed E-state index contributed by atoms with van der Waals surface area (Å²) in [5.74, 6) is 0.127. The second-order valence-electron chi connectivity index (χ2n) is 1.42. The lowest BCUT2D eigenvalue weighted by atomic mass is 10.3. The Morgan fingerprint density at radius 3 is 2.43 bits per heavy atom. The average molecular weight is 101 g/mol. The molecule has 0 aliphatic carbocycles. The van der Waals surface area contributed by atoms with Crippen LogP contribution in [-0.2, 0) is 4.79 Å². The quantitative estimate of drug-likeness (QED) is 0.540. The fourth-order valence-corrected chi connectivity index (χ4v) is 0.352. The zero-order chi connectivity index (χ0) is 5.70. The SMILES string of the molecule is CCCC(=O)NC. The number of nitrogens with one attached hydrogen (secondary N) is 1. The van der Waals surface area contributed by atoms with Crippen molar-refractivity contribution < 1.29 is 4.79 Å². The van der Waals surface area contributed by atoms with E-state index in [1.807, 2.05) is 6.92 Å². The van der Waals surface area contributed by atoms with Crippen molar-refractivity contribution in [1.82, 2.24) is 5.32 Å². The van der Waals surface area contributed by atoms with Gasteiger partial charge < -0.3 is 5.32 Å². The van der Waals surface area contributed by atoms with Crippen molar-refractivity contribution >= 4 is 5.91 Å². The first-order valence-electron chi connectivity index (χ1n) is 2.51. The van der Waals surface area contributed by atoms with Gasteiger partial charge in [0.1, 0.15) is 0 Å². The Hall–Kier alpha value is -0.530. The molecule has 2 heteroatoms. The second kappa shape index (κ2) is 3.65. The number of hydrogen-bond acceptors (Lipinski definition) is 1. The Balaban J connectivity index is 3.00. The molecule has 0 saturated carbocycles. The molecule has 0 fully saturated rings. The summed E-state index contributed by atoms with van der Waals surface area (Å²) < 4.78 is 0. The molecule has 0 bridgehead atoms. The third kappa shape index (κ3) is 3.30. The van der Waals surface area contributed by atoms with Gasteiger partial charge in [-0.2, -0.15) is 0 Å². The number of rotatable bonds is 2. The molecule has 0 aromatic carbocycles. The smallest absolute Gasteiger partial charge is 0.219 e. The van der Waals surface area contributed by atoms with Crippen LogP contribution in [0.15, 0.2) is 0 Å². The zero-order valence-electron chi connectivity index (χ0n) is 4.82. The maximum absolute atomic E-state index is 10.3. The van der Waals surface area contributed by atoms with Gasteiger partial charge in [-0.25, -0.2) is 0 Å². The Bertz CT molecular complexity index is 61.1. The molecule has 0 aromatic rings. The first kappa shape index (κ1) is 6.47. The maximum Gasteiger partial charge on any atom is 0.219 e. The standard InChI is InChI=1S/C5H11NO/c1-3-4-5(7)6-2/h3-4H2,1-2H3,(H,6,7). The molecule has 0 aliphatic rings. The normalized spacial score (nSPS) is 8.29. The van der Waals surface area contributed by atoms with Crippen LogP contribution < -0.4 is 5.32 Å². The molecule has 0 aliphatic heterocycles. The Morgan fingerprint density at radius 1 is 1.71 bits per heavy atom. The van der Waals surface area contributed by atoms with E-state index in [9.17, 15) is 4.79 Å². The van der Waals surface area contributed by atoms with E-state index in [1.165, 1.54) is 0 Å². The van der Waals surface area contributed by atoms with Gasteiger partial charge in [-0.1, -0.05) is 6.92 Å². The van der Waals surface area contributed by atoms with Crippen LogP contribution in [0, 0.1) is 0 Å². The molecule has 0 rings (SSSR count). The molecule has 1 N–H and O–H groups in total. The minimum atomic E-state index is 0.127. The van der Waals surface area contributed by atoms with Gasteiger partial charge in [0.05, 0.1) is 0 Å². The third-order valence-corrected chi connectivity index (χ3v) is 0.756. The zero-order valence-corrected chi connectivity index (χ0v) is 4.82. The monoisotopic (exact) mass is 101 g/mol. The summed E-state index contributed by atoms with van der Waals surface area (Å²) >= 11 is 0. The summed E-state index contributed by atoms with van der Waals surface area (Å²) in [6.45, 7) is 1.98. The van der Waals surface area contributed by atoms with Gasteiger partial charge in [-0.15, -0.1) is 0 Å². The van der Waals surface area contributed by atoms with Gasteiger partial charge in [0.15, 0.2) is 0 Å². The summed E-state index contributed by atoms with van der Waals surface area (Å²) in [7, 11) is 1.65. The van der Waals surface area contributed by atoms with Crippen LogP contribution in [-0.4, -0.2) is 13.0 Å². The van der Waals surface area contributed by atoms with E-state index in [4.69, 9.17) is 0 Å². The van der Waals surface area contributed by atoms with Crippen LogP contribution >= 0.6 is 0 Å². The van der Waals surface area contributed by atoms with Gasteiger partial charge in [0.2, 0.25) is 5.91 Å².